The van der Waals surface area contributed by atoms with Crippen molar-refractivity contribution in [1.29, 1.82) is 0 Å². The Bertz CT molecular complexity index is 744. The number of nitrogens with zero attached hydrogens (tertiary/aromatic N) is 3. The van der Waals surface area contributed by atoms with E-state index in [1.165, 1.54) is 0 Å². The van der Waals surface area contributed by atoms with Gasteiger partial charge in [-0.2, -0.15) is 4.98 Å². The molecule has 1 saturated carbocycles. The Hall–Kier alpha value is -2.21. The minimum absolute atomic E-state index is 0.110. The van der Waals surface area contributed by atoms with Crippen molar-refractivity contribution in [3.8, 4) is 0 Å². The second kappa shape index (κ2) is 4.42. The van der Waals surface area contributed by atoms with Gasteiger partial charge in [-0.25, -0.2) is 0 Å². The predicted molar refractivity (Wildman–Crippen MR) is 70.8 cm³/mol. The molecule has 20 heavy (non-hydrogen) atoms. The van der Waals surface area contributed by atoms with Gasteiger partial charge in [-0.3, -0.25) is 0 Å². The monoisotopic (exact) mass is 270 g/mol. The van der Waals surface area contributed by atoms with Gasteiger partial charge < -0.3 is 14.8 Å². The number of fused-ring (bicyclic) bond motifs is 1. The minimum Gasteiger partial charge on any atom is -0.356 e. The zero-order valence-electron chi connectivity index (χ0n) is 10.8. The van der Waals surface area contributed by atoms with Crippen molar-refractivity contribution < 1.29 is 9.05 Å². The molecular formula is C14H14N4O2. The molecule has 102 valence electrons. The highest BCUT2D eigenvalue weighted by molar-refractivity contribution is 5.79. The summed E-state index contributed by atoms with van der Waals surface area (Å²) in [6.45, 7) is 0. The van der Waals surface area contributed by atoms with Crippen LogP contribution in [-0.2, 0) is 6.42 Å². The van der Waals surface area contributed by atoms with Crippen molar-refractivity contribution in [2.45, 2.75) is 25.3 Å². The van der Waals surface area contributed by atoms with Gasteiger partial charge in [-0.1, -0.05) is 22.4 Å². The maximum atomic E-state index is 6.06. The fraction of sp³-hybridized carbons (Fsp3) is 0.357. The molecule has 0 saturated heterocycles. The SMILES string of the molecule is NC(c1noc(Cc2noc3ccccc23)n1)C1CC1. The summed E-state index contributed by atoms with van der Waals surface area (Å²) in [4.78, 5) is 4.37. The van der Waals surface area contributed by atoms with Gasteiger partial charge >= 0.3 is 0 Å². The van der Waals surface area contributed by atoms with Gasteiger partial charge in [0.1, 0.15) is 5.69 Å². The lowest BCUT2D eigenvalue weighted by Crippen LogP contribution is -2.14. The zero-order chi connectivity index (χ0) is 13.5. The van der Waals surface area contributed by atoms with Crippen LogP contribution in [-0.4, -0.2) is 15.3 Å². The van der Waals surface area contributed by atoms with Gasteiger partial charge in [-0.05, 0) is 30.9 Å². The lowest BCUT2D eigenvalue weighted by atomic mass is 10.1. The molecule has 2 N–H and O–H groups in total. The van der Waals surface area contributed by atoms with Gasteiger partial charge in [0, 0.05) is 5.39 Å². The first-order chi connectivity index (χ1) is 9.81. The molecule has 1 atom stereocenters. The Balaban J connectivity index is 1.59. The van der Waals surface area contributed by atoms with E-state index in [1.807, 2.05) is 24.3 Å². The highest BCUT2D eigenvalue weighted by Gasteiger charge is 2.32. The lowest BCUT2D eigenvalue weighted by molar-refractivity contribution is 0.369. The molecule has 0 spiro atoms. The van der Waals surface area contributed by atoms with Crippen molar-refractivity contribution >= 4 is 11.0 Å². The molecule has 2 heterocycles. The molecule has 1 fully saturated rings. The fourth-order valence-corrected chi connectivity index (χ4v) is 2.35. The first-order valence-corrected chi connectivity index (χ1v) is 6.72. The number of hydrogen-bond donors (Lipinski definition) is 1. The van der Waals surface area contributed by atoms with E-state index < -0.39 is 0 Å². The molecule has 0 bridgehead atoms. The van der Waals surface area contributed by atoms with Gasteiger partial charge in [0.15, 0.2) is 11.4 Å². The summed E-state index contributed by atoms with van der Waals surface area (Å²) in [6.07, 6.45) is 2.76. The Labute approximate surface area is 114 Å². The van der Waals surface area contributed by atoms with E-state index in [9.17, 15) is 0 Å². The van der Waals surface area contributed by atoms with Crippen molar-refractivity contribution in [1.82, 2.24) is 15.3 Å². The third kappa shape index (κ3) is 1.98. The summed E-state index contributed by atoms with van der Waals surface area (Å²) >= 11 is 0. The van der Waals surface area contributed by atoms with E-state index in [-0.39, 0.29) is 6.04 Å². The molecule has 1 unspecified atom stereocenters. The van der Waals surface area contributed by atoms with Crippen molar-refractivity contribution in [3.63, 3.8) is 0 Å². The molecule has 0 amide bonds. The number of nitrogens with two attached hydrogens (primary N) is 1. The highest BCUT2D eigenvalue weighted by atomic mass is 16.5. The van der Waals surface area contributed by atoms with Crippen LogP contribution < -0.4 is 5.73 Å². The third-order valence-electron chi connectivity index (χ3n) is 3.68. The topological polar surface area (TPSA) is 91.0 Å². The molecule has 1 aliphatic carbocycles. The fourth-order valence-electron chi connectivity index (χ4n) is 2.35. The van der Waals surface area contributed by atoms with Crippen molar-refractivity contribution in [2.24, 2.45) is 11.7 Å². The standard InChI is InChI=1S/C14H14N4O2/c15-13(8-5-6-8)14-16-12(20-18-14)7-10-9-3-1-2-4-11(9)19-17-10/h1-4,8,13H,5-7,15H2. The summed E-state index contributed by atoms with van der Waals surface area (Å²) in [5, 5.41) is 9.00. The Morgan fingerprint density at radius 1 is 1.20 bits per heavy atom. The van der Waals surface area contributed by atoms with Crippen LogP contribution in [0.2, 0.25) is 0 Å². The molecule has 3 aromatic rings. The van der Waals surface area contributed by atoms with E-state index in [4.69, 9.17) is 14.8 Å². The van der Waals surface area contributed by atoms with E-state index in [0.717, 1.165) is 29.5 Å². The average Bonchev–Trinajstić information content (AvgIpc) is 3.10. The number of hydrogen-bond acceptors (Lipinski definition) is 6. The van der Waals surface area contributed by atoms with Gasteiger partial charge in [-0.15, -0.1) is 0 Å². The summed E-state index contributed by atoms with van der Waals surface area (Å²) in [6, 6.07) is 7.60. The van der Waals surface area contributed by atoms with Crippen LogP contribution >= 0.6 is 0 Å². The van der Waals surface area contributed by atoms with Gasteiger partial charge in [0.05, 0.1) is 12.5 Å². The normalized spacial score (nSPS) is 16.6. The third-order valence-corrected chi connectivity index (χ3v) is 3.68. The smallest absolute Gasteiger partial charge is 0.232 e. The largest absolute Gasteiger partial charge is 0.356 e. The number of aromatic nitrogens is 3. The summed E-state index contributed by atoms with van der Waals surface area (Å²) in [7, 11) is 0. The lowest BCUT2D eigenvalue weighted by Gasteiger charge is -2.01. The summed E-state index contributed by atoms with van der Waals surface area (Å²) in [5.41, 5.74) is 7.62. The van der Waals surface area contributed by atoms with E-state index in [2.05, 4.69) is 15.3 Å². The van der Waals surface area contributed by atoms with Gasteiger partial charge in [0.25, 0.3) is 0 Å². The Morgan fingerprint density at radius 3 is 2.90 bits per heavy atom. The molecule has 0 radical (unpaired) electrons. The predicted octanol–water partition coefficient (Wildman–Crippen LogP) is 2.21. The van der Waals surface area contributed by atoms with Crippen molar-refractivity contribution in [2.75, 3.05) is 0 Å². The van der Waals surface area contributed by atoms with Crippen LogP contribution in [0.4, 0.5) is 0 Å². The van der Waals surface area contributed by atoms with Crippen molar-refractivity contribution in [3.05, 3.63) is 41.7 Å². The summed E-state index contributed by atoms with van der Waals surface area (Å²) < 4.78 is 10.5. The maximum Gasteiger partial charge on any atom is 0.232 e. The molecule has 4 rings (SSSR count). The first-order valence-electron chi connectivity index (χ1n) is 6.72. The first kappa shape index (κ1) is 11.6. The second-order valence-electron chi connectivity index (χ2n) is 5.21. The number of benzene rings is 1. The molecular weight excluding hydrogens is 256 g/mol. The van der Waals surface area contributed by atoms with E-state index >= 15 is 0 Å². The minimum atomic E-state index is -0.110. The van der Waals surface area contributed by atoms with Gasteiger partial charge in [0.2, 0.25) is 5.89 Å². The quantitative estimate of drug-likeness (QED) is 0.781. The van der Waals surface area contributed by atoms with Crippen LogP contribution in [0.3, 0.4) is 0 Å². The second-order valence-corrected chi connectivity index (χ2v) is 5.21. The van der Waals surface area contributed by atoms with Crippen LogP contribution in [0.15, 0.2) is 33.3 Å². The van der Waals surface area contributed by atoms with Crippen LogP contribution in [0.1, 0.15) is 36.3 Å². The number of rotatable bonds is 4. The molecule has 6 nitrogen and oxygen atoms in total. The van der Waals surface area contributed by atoms with E-state index in [1.54, 1.807) is 0 Å². The summed E-state index contributed by atoms with van der Waals surface area (Å²) in [5.74, 6) is 1.62. The molecule has 6 heteroatoms. The molecule has 1 aliphatic rings. The van der Waals surface area contributed by atoms with Crippen LogP contribution in [0.25, 0.3) is 11.0 Å². The van der Waals surface area contributed by atoms with Crippen LogP contribution in [0, 0.1) is 5.92 Å². The zero-order valence-corrected chi connectivity index (χ0v) is 10.8. The maximum absolute atomic E-state index is 6.06. The van der Waals surface area contributed by atoms with E-state index in [0.29, 0.717) is 24.1 Å². The highest BCUT2D eigenvalue weighted by Crippen LogP contribution is 2.38. The molecule has 2 aromatic heterocycles. The number of para-hydroxylation sites is 1. The van der Waals surface area contributed by atoms with Crippen LogP contribution in [0.5, 0.6) is 0 Å². The Morgan fingerprint density at radius 2 is 2.05 bits per heavy atom. The average molecular weight is 270 g/mol. The Kier molecular flexibility index (Phi) is 2.56. The molecule has 0 aliphatic heterocycles. The molecule has 1 aromatic carbocycles.